The number of aryl methyl sites for hydroxylation is 1. The Morgan fingerprint density at radius 2 is 2.28 bits per heavy atom. The minimum absolute atomic E-state index is 0.0463. The van der Waals surface area contributed by atoms with E-state index in [9.17, 15) is 4.79 Å². The Morgan fingerprint density at radius 1 is 1.50 bits per heavy atom. The number of rotatable bonds is 8. The Labute approximate surface area is 108 Å². The molecule has 0 aliphatic heterocycles. The average Bonchev–Trinajstić information content (AvgIpc) is 2.72. The van der Waals surface area contributed by atoms with Crippen LogP contribution in [0.5, 0.6) is 0 Å². The molecule has 3 N–H and O–H groups in total. The minimum atomic E-state index is -0.0463. The zero-order valence-electron chi connectivity index (χ0n) is 11.2. The van der Waals surface area contributed by atoms with Crippen LogP contribution in [-0.4, -0.2) is 17.4 Å². The van der Waals surface area contributed by atoms with Crippen molar-refractivity contribution in [1.29, 1.82) is 0 Å². The zero-order chi connectivity index (χ0) is 13.4. The minimum Gasteiger partial charge on any atom is -0.432 e. The first-order valence-electron chi connectivity index (χ1n) is 6.57. The van der Waals surface area contributed by atoms with Crippen LogP contribution in [0, 0.1) is 12.8 Å². The number of nitrogens with zero attached hydrogens (tertiary/aromatic N) is 1. The van der Waals surface area contributed by atoms with Crippen molar-refractivity contribution in [1.82, 2.24) is 4.98 Å². The molecule has 5 heteroatoms. The molecule has 0 radical (unpaired) electrons. The van der Waals surface area contributed by atoms with Crippen molar-refractivity contribution in [2.45, 2.75) is 46.0 Å². The van der Waals surface area contributed by atoms with Gasteiger partial charge in [-0.1, -0.05) is 19.8 Å². The first-order chi connectivity index (χ1) is 8.65. The Hall–Kier alpha value is -1.36. The van der Waals surface area contributed by atoms with Crippen LogP contribution in [0.3, 0.4) is 0 Å². The van der Waals surface area contributed by atoms with E-state index in [4.69, 9.17) is 10.2 Å². The second-order valence-electron chi connectivity index (χ2n) is 4.61. The number of hydrogen-bond donors (Lipinski definition) is 2. The third-order valence-electron chi connectivity index (χ3n) is 2.92. The maximum absolute atomic E-state index is 11.7. The maximum atomic E-state index is 11.7. The van der Waals surface area contributed by atoms with E-state index < -0.39 is 0 Å². The topological polar surface area (TPSA) is 81.2 Å². The number of anilines is 1. The highest BCUT2D eigenvalue weighted by atomic mass is 16.4. The summed E-state index contributed by atoms with van der Waals surface area (Å²) in [5.41, 5.74) is 6.33. The van der Waals surface area contributed by atoms with E-state index in [1.54, 1.807) is 0 Å². The quantitative estimate of drug-likeness (QED) is 0.745. The summed E-state index contributed by atoms with van der Waals surface area (Å²) < 4.78 is 5.07. The number of carbonyl (C=O) groups is 1. The number of nitrogens with one attached hydrogen (secondary N) is 1. The maximum Gasteiger partial charge on any atom is 0.301 e. The molecule has 0 aliphatic rings. The molecular weight excluding hydrogens is 230 g/mol. The van der Waals surface area contributed by atoms with Gasteiger partial charge in [0.05, 0.1) is 5.69 Å². The summed E-state index contributed by atoms with van der Waals surface area (Å²) in [6.45, 7) is 4.65. The molecule has 0 bridgehead atoms. The molecule has 0 fully saturated rings. The smallest absolute Gasteiger partial charge is 0.301 e. The molecule has 1 unspecified atom stereocenters. The fourth-order valence-corrected chi connectivity index (χ4v) is 2.01. The summed E-state index contributed by atoms with van der Waals surface area (Å²) in [6.07, 6.45) is 6.12. The Morgan fingerprint density at radius 3 is 2.83 bits per heavy atom. The van der Waals surface area contributed by atoms with E-state index in [1.807, 2.05) is 6.92 Å². The SMILES string of the molecule is CCCC(CCN)CCC(=O)Nc1nc(C)co1. The van der Waals surface area contributed by atoms with E-state index in [-0.39, 0.29) is 11.9 Å². The molecule has 0 saturated carbocycles. The van der Waals surface area contributed by atoms with Crippen LogP contribution in [-0.2, 0) is 4.79 Å². The highest BCUT2D eigenvalue weighted by Crippen LogP contribution is 2.17. The van der Waals surface area contributed by atoms with Gasteiger partial charge in [0.2, 0.25) is 5.91 Å². The van der Waals surface area contributed by atoms with Crippen LogP contribution in [0.25, 0.3) is 0 Å². The zero-order valence-corrected chi connectivity index (χ0v) is 11.2. The molecule has 1 rings (SSSR count). The van der Waals surface area contributed by atoms with Crippen molar-refractivity contribution in [3.8, 4) is 0 Å². The third-order valence-corrected chi connectivity index (χ3v) is 2.92. The lowest BCUT2D eigenvalue weighted by Gasteiger charge is -2.14. The van der Waals surface area contributed by atoms with Crippen molar-refractivity contribution >= 4 is 11.9 Å². The first-order valence-corrected chi connectivity index (χ1v) is 6.57. The van der Waals surface area contributed by atoms with Crippen LogP contribution >= 0.6 is 0 Å². The van der Waals surface area contributed by atoms with Gasteiger partial charge in [-0.2, -0.15) is 4.98 Å². The van der Waals surface area contributed by atoms with Gasteiger partial charge in [0.25, 0.3) is 0 Å². The number of amides is 1. The van der Waals surface area contributed by atoms with Gasteiger partial charge in [-0.3, -0.25) is 10.1 Å². The predicted octanol–water partition coefficient (Wildman–Crippen LogP) is 2.47. The highest BCUT2D eigenvalue weighted by molar-refractivity contribution is 5.88. The van der Waals surface area contributed by atoms with Gasteiger partial charge in [-0.25, -0.2) is 0 Å². The largest absolute Gasteiger partial charge is 0.432 e. The lowest BCUT2D eigenvalue weighted by molar-refractivity contribution is -0.116. The normalized spacial score (nSPS) is 12.4. The molecule has 1 aromatic heterocycles. The number of nitrogens with two attached hydrogens (primary N) is 1. The Balaban J connectivity index is 2.30. The molecule has 0 saturated heterocycles. The summed E-state index contributed by atoms with van der Waals surface area (Å²) >= 11 is 0. The van der Waals surface area contributed by atoms with E-state index >= 15 is 0 Å². The highest BCUT2D eigenvalue weighted by Gasteiger charge is 2.11. The second kappa shape index (κ2) is 7.87. The van der Waals surface area contributed by atoms with Gasteiger partial charge in [-0.05, 0) is 32.2 Å². The van der Waals surface area contributed by atoms with E-state index in [0.717, 1.165) is 31.4 Å². The van der Waals surface area contributed by atoms with Crippen LogP contribution < -0.4 is 11.1 Å². The van der Waals surface area contributed by atoms with Gasteiger partial charge in [0.15, 0.2) is 0 Å². The number of carbonyl (C=O) groups excluding carboxylic acids is 1. The Bertz CT molecular complexity index is 357. The van der Waals surface area contributed by atoms with Gasteiger partial charge in [-0.15, -0.1) is 0 Å². The van der Waals surface area contributed by atoms with Gasteiger partial charge < -0.3 is 10.2 Å². The first kappa shape index (κ1) is 14.7. The molecule has 18 heavy (non-hydrogen) atoms. The fraction of sp³-hybridized carbons (Fsp3) is 0.692. The fourth-order valence-electron chi connectivity index (χ4n) is 2.01. The summed E-state index contributed by atoms with van der Waals surface area (Å²) in [5, 5.41) is 2.65. The van der Waals surface area contributed by atoms with Crippen molar-refractivity contribution in [3.63, 3.8) is 0 Å². The summed E-state index contributed by atoms with van der Waals surface area (Å²) in [5.74, 6) is 0.493. The Kier molecular flexibility index (Phi) is 6.43. The third kappa shape index (κ3) is 5.31. The molecule has 0 aliphatic carbocycles. The average molecular weight is 253 g/mol. The van der Waals surface area contributed by atoms with Crippen molar-refractivity contribution in [3.05, 3.63) is 12.0 Å². The van der Waals surface area contributed by atoms with Gasteiger partial charge >= 0.3 is 6.01 Å². The summed E-state index contributed by atoms with van der Waals surface area (Å²) in [7, 11) is 0. The molecule has 0 aromatic carbocycles. The molecule has 5 nitrogen and oxygen atoms in total. The van der Waals surface area contributed by atoms with Gasteiger partial charge in [0, 0.05) is 6.42 Å². The molecule has 1 aromatic rings. The lowest BCUT2D eigenvalue weighted by atomic mass is 9.94. The second-order valence-corrected chi connectivity index (χ2v) is 4.61. The predicted molar refractivity (Wildman–Crippen MR) is 71.2 cm³/mol. The lowest BCUT2D eigenvalue weighted by Crippen LogP contribution is -2.15. The molecule has 102 valence electrons. The number of hydrogen-bond acceptors (Lipinski definition) is 4. The van der Waals surface area contributed by atoms with Crippen LogP contribution in [0.15, 0.2) is 10.7 Å². The number of oxazole rings is 1. The molecule has 0 spiro atoms. The monoisotopic (exact) mass is 253 g/mol. The number of aromatic nitrogens is 1. The van der Waals surface area contributed by atoms with Crippen LogP contribution in [0.2, 0.25) is 0 Å². The van der Waals surface area contributed by atoms with Crippen molar-refractivity contribution in [2.24, 2.45) is 11.7 Å². The standard InChI is InChI=1S/C13H23N3O2/c1-3-4-11(7-8-14)5-6-12(17)16-13-15-10(2)9-18-13/h9,11H,3-8,14H2,1-2H3,(H,15,16,17). The molecule has 1 amide bonds. The van der Waals surface area contributed by atoms with Crippen LogP contribution in [0.1, 0.15) is 44.7 Å². The van der Waals surface area contributed by atoms with Crippen molar-refractivity contribution < 1.29 is 9.21 Å². The molecular formula is C13H23N3O2. The van der Waals surface area contributed by atoms with Crippen molar-refractivity contribution in [2.75, 3.05) is 11.9 Å². The summed E-state index contributed by atoms with van der Waals surface area (Å²) in [6, 6.07) is 0.281. The molecule has 1 heterocycles. The summed E-state index contributed by atoms with van der Waals surface area (Å²) in [4.78, 5) is 15.7. The van der Waals surface area contributed by atoms with Gasteiger partial charge in [0.1, 0.15) is 6.26 Å². The molecule has 1 atom stereocenters. The van der Waals surface area contributed by atoms with E-state index in [1.165, 1.54) is 6.26 Å². The van der Waals surface area contributed by atoms with Crippen LogP contribution in [0.4, 0.5) is 6.01 Å². The van der Waals surface area contributed by atoms with E-state index in [2.05, 4.69) is 17.2 Å². The van der Waals surface area contributed by atoms with E-state index in [0.29, 0.717) is 18.9 Å².